The van der Waals surface area contributed by atoms with E-state index in [-0.39, 0.29) is 6.61 Å². The van der Waals surface area contributed by atoms with Crippen molar-refractivity contribution in [2.24, 2.45) is 0 Å². The normalized spacial score (nSPS) is 12.7. The molecule has 1 aromatic carbocycles. The zero-order valence-electron chi connectivity index (χ0n) is 9.89. The third-order valence-electron chi connectivity index (χ3n) is 2.26. The molecule has 6 heteroatoms. The van der Waals surface area contributed by atoms with Gasteiger partial charge in [-0.1, -0.05) is 0 Å². The van der Waals surface area contributed by atoms with Gasteiger partial charge >= 0.3 is 11.9 Å². The van der Waals surface area contributed by atoms with Crippen LogP contribution in [-0.4, -0.2) is 31.7 Å². The van der Waals surface area contributed by atoms with E-state index in [9.17, 15) is 9.59 Å². The fourth-order valence-electron chi connectivity index (χ4n) is 1.50. The molecule has 1 aliphatic heterocycles. The largest absolute Gasteiger partial charge is 0.486 e. The summed E-state index contributed by atoms with van der Waals surface area (Å²) < 4.78 is 15.3. The van der Waals surface area contributed by atoms with Crippen molar-refractivity contribution in [3.8, 4) is 11.5 Å². The molecule has 0 radical (unpaired) electrons. The lowest BCUT2D eigenvalue weighted by atomic mass is 10.2. The average Bonchev–Trinajstić information content (AvgIpc) is 2.39. The molecule has 1 aromatic rings. The minimum atomic E-state index is -0.910. The Kier molecular flexibility index (Phi) is 3.66. The van der Waals surface area contributed by atoms with Gasteiger partial charge in [0.25, 0.3) is 0 Å². The standard InChI is InChI=1S/C12H13NO5/c1-2-16-12(15)11(14)13-8-3-4-9-10(7-8)18-6-5-17-9/h3-4,7H,2,5-6H2,1H3,(H,13,14). The Morgan fingerprint density at radius 2 is 2.00 bits per heavy atom. The minimum Gasteiger partial charge on any atom is -0.486 e. The van der Waals surface area contributed by atoms with Crippen molar-refractivity contribution in [1.82, 2.24) is 0 Å². The molecule has 6 nitrogen and oxygen atoms in total. The van der Waals surface area contributed by atoms with Crippen molar-refractivity contribution in [1.29, 1.82) is 0 Å². The van der Waals surface area contributed by atoms with Gasteiger partial charge in [0, 0.05) is 11.8 Å². The van der Waals surface area contributed by atoms with E-state index < -0.39 is 11.9 Å². The van der Waals surface area contributed by atoms with E-state index in [0.717, 1.165) is 0 Å². The van der Waals surface area contributed by atoms with Crippen molar-refractivity contribution in [2.75, 3.05) is 25.1 Å². The zero-order valence-corrected chi connectivity index (χ0v) is 9.89. The van der Waals surface area contributed by atoms with Gasteiger partial charge in [-0.05, 0) is 19.1 Å². The van der Waals surface area contributed by atoms with Crippen LogP contribution in [0.2, 0.25) is 0 Å². The second-order valence-electron chi connectivity index (χ2n) is 3.53. The van der Waals surface area contributed by atoms with E-state index in [4.69, 9.17) is 9.47 Å². The van der Waals surface area contributed by atoms with E-state index >= 15 is 0 Å². The number of carbonyl (C=O) groups excluding carboxylic acids is 2. The lowest BCUT2D eigenvalue weighted by Gasteiger charge is -2.18. The van der Waals surface area contributed by atoms with Gasteiger partial charge in [-0.25, -0.2) is 4.79 Å². The van der Waals surface area contributed by atoms with Gasteiger partial charge in [-0.3, -0.25) is 4.79 Å². The number of hydrogen-bond acceptors (Lipinski definition) is 5. The maximum absolute atomic E-state index is 11.4. The Balaban J connectivity index is 2.06. The number of rotatable bonds is 2. The van der Waals surface area contributed by atoms with Crippen molar-refractivity contribution in [2.45, 2.75) is 6.92 Å². The summed E-state index contributed by atoms with van der Waals surface area (Å²) in [5.74, 6) is -0.556. The van der Waals surface area contributed by atoms with E-state index in [1.54, 1.807) is 25.1 Å². The number of anilines is 1. The first-order valence-electron chi connectivity index (χ1n) is 5.58. The molecular formula is C12H13NO5. The molecule has 0 spiro atoms. The molecule has 96 valence electrons. The summed E-state index contributed by atoms with van der Waals surface area (Å²) in [5.41, 5.74) is 0.456. The topological polar surface area (TPSA) is 73.9 Å². The molecule has 2 rings (SSSR count). The van der Waals surface area contributed by atoms with Crippen LogP contribution < -0.4 is 14.8 Å². The van der Waals surface area contributed by atoms with Crippen molar-refractivity contribution in [3.05, 3.63) is 18.2 Å². The van der Waals surface area contributed by atoms with E-state index in [1.165, 1.54) is 0 Å². The van der Waals surface area contributed by atoms with Crippen molar-refractivity contribution < 1.29 is 23.8 Å². The predicted octanol–water partition coefficient (Wildman–Crippen LogP) is 0.959. The van der Waals surface area contributed by atoms with Gasteiger partial charge in [-0.15, -0.1) is 0 Å². The van der Waals surface area contributed by atoms with Gasteiger partial charge in [-0.2, -0.15) is 0 Å². The average molecular weight is 251 g/mol. The van der Waals surface area contributed by atoms with E-state index in [2.05, 4.69) is 10.1 Å². The SMILES string of the molecule is CCOC(=O)C(=O)Nc1ccc2c(c1)OCCO2. The maximum Gasteiger partial charge on any atom is 0.397 e. The van der Waals surface area contributed by atoms with Crippen LogP contribution in [-0.2, 0) is 14.3 Å². The molecule has 0 bridgehead atoms. The van der Waals surface area contributed by atoms with Gasteiger partial charge < -0.3 is 19.5 Å². The molecule has 0 unspecified atom stereocenters. The fourth-order valence-corrected chi connectivity index (χ4v) is 1.50. The van der Waals surface area contributed by atoms with E-state index in [0.29, 0.717) is 30.4 Å². The fraction of sp³-hybridized carbons (Fsp3) is 0.333. The summed E-state index contributed by atoms with van der Waals surface area (Å²) in [6.07, 6.45) is 0. The lowest BCUT2D eigenvalue weighted by molar-refractivity contribution is -0.152. The monoisotopic (exact) mass is 251 g/mol. The number of esters is 1. The highest BCUT2D eigenvalue weighted by molar-refractivity contribution is 6.37. The molecule has 0 aliphatic carbocycles. The summed E-state index contributed by atoms with van der Waals surface area (Å²) in [6.45, 7) is 2.76. The second kappa shape index (κ2) is 5.39. The molecule has 0 fully saturated rings. The number of fused-ring (bicyclic) bond motifs is 1. The predicted molar refractivity (Wildman–Crippen MR) is 62.7 cm³/mol. The molecular weight excluding hydrogens is 238 g/mol. The quantitative estimate of drug-likeness (QED) is 0.626. The summed E-state index contributed by atoms with van der Waals surface area (Å²) in [7, 11) is 0. The Morgan fingerprint density at radius 1 is 1.28 bits per heavy atom. The molecule has 1 amide bonds. The van der Waals surface area contributed by atoms with Crippen molar-refractivity contribution in [3.63, 3.8) is 0 Å². The van der Waals surface area contributed by atoms with Crippen LogP contribution in [0.25, 0.3) is 0 Å². The number of benzene rings is 1. The Bertz CT molecular complexity index is 472. The van der Waals surface area contributed by atoms with Crippen LogP contribution >= 0.6 is 0 Å². The molecule has 0 aromatic heterocycles. The molecule has 18 heavy (non-hydrogen) atoms. The second-order valence-corrected chi connectivity index (χ2v) is 3.53. The highest BCUT2D eigenvalue weighted by Gasteiger charge is 2.17. The van der Waals surface area contributed by atoms with Crippen molar-refractivity contribution >= 4 is 17.6 Å². The summed E-state index contributed by atoms with van der Waals surface area (Å²) >= 11 is 0. The third-order valence-corrected chi connectivity index (χ3v) is 2.26. The third kappa shape index (κ3) is 2.71. The number of carbonyl (C=O) groups is 2. The van der Waals surface area contributed by atoms with Crippen LogP contribution in [0.3, 0.4) is 0 Å². The molecule has 1 N–H and O–H groups in total. The first-order chi connectivity index (χ1) is 8.70. The molecule has 0 saturated carbocycles. The Labute approximate surface area is 104 Å². The Morgan fingerprint density at radius 3 is 2.72 bits per heavy atom. The number of amides is 1. The van der Waals surface area contributed by atoms with E-state index in [1.807, 2.05) is 0 Å². The molecule has 1 aliphatic rings. The first-order valence-corrected chi connectivity index (χ1v) is 5.58. The van der Waals surface area contributed by atoms with Crippen LogP contribution in [0.15, 0.2) is 18.2 Å². The van der Waals surface area contributed by atoms with Crippen LogP contribution in [0.4, 0.5) is 5.69 Å². The van der Waals surface area contributed by atoms with Gasteiger partial charge in [0.15, 0.2) is 11.5 Å². The van der Waals surface area contributed by atoms with Crippen LogP contribution in [0.5, 0.6) is 11.5 Å². The zero-order chi connectivity index (χ0) is 13.0. The number of ether oxygens (including phenoxy) is 3. The maximum atomic E-state index is 11.4. The summed E-state index contributed by atoms with van der Waals surface area (Å²) in [5, 5.41) is 2.43. The summed E-state index contributed by atoms with van der Waals surface area (Å²) in [6, 6.07) is 4.91. The minimum absolute atomic E-state index is 0.160. The number of hydrogen-bond donors (Lipinski definition) is 1. The van der Waals surface area contributed by atoms with Gasteiger partial charge in [0.05, 0.1) is 6.61 Å². The smallest absolute Gasteiger partial charge is 0.397 e. The first kappa shape index (κ1) is 12.2. The van der Waals surface area contributed by atoms with Crippen LogP contribution in [0, 0.1) is 0 Å². The van der Waals surface area contributed by atoms with Crippen LogP contribution in [0.1, 0.15) is 6.92 Å². The molecule has 0 atom stereocenters. The Hall–Kier alpha value is -2.24. The number of nitrogens with one attached hydrogen (secondary N) is 1. The van der Waals surface area contributed by atoms with Gasteiger partial charge in [0.1, 0.15) is 13.2 Å². The lowest BCUT2D eigenvalue weighted by Crippen LogP contribution is -2.25. The van der Waals surface area contributed by atoms with Gasteiger partial charge in [0.2, 0.25) is 0 Å². The highest BCUT2D eigenvalue weighted by atomic mass is 16.6. The summed E-state index contributed by atoms with van der Waals surface area (Å²) in [4.78, 5) is 22.6. The molecule has 0 saturated heterocycles. The molecule has 1 heterocycles. The highest BCUT2D eigenvalue weighted by Crippen LogP contribution is 2.32.